The highest BCUT2D eigenvalue weighted by atomic mass is 16.5. The Bertz CT molecular complexity index is 543. The maximum atomic E-state index is 5.73. The van der Waals surface area contributed by atoms with Gasteiger partial charge < -0.3 is 25.0 Å². The summed E-state index contributed by atoms with van der Waals surface area (Å²) < 4.78 is 11.4. The molecule has 0 aromatic heterocycles. The van der Waals surface area contributed by atoms with Crippen molar-refractivity contribution in [1.82, 2.24) is 15.5 Å². The van der Waals surface area contributed by atoms with Crippen LogP contribution in [0.15, 0.2) is 35.3 Å². The number of likely N-dealkylation sites (tertiary alicyclic amines) is 1. The van der Waals surface area contributed by atoms with Crippen LogP contribution in [0.1, 0.15) is 39.2 Å². The molecule has 1 aliphatic rings. The minimum atomic E-state index is 0.315. The first-order chi connectivity index (χ1) is 13.7. The Morgan fingerprint density at radius 2 is 1.93 bits per heavy atom. The van der Waals surface area contributed by atoms with Crippen molar-refractivity contribution in [3.8, 4) is 0 Å². The third kappa shape index (κ3) is 9.53. The van der Waals surface area contributed by atoms with E-state index in [2.05, 4.69) is 53.4 Å². The van der Waals surface area contributed by atoms with Crippen LogP contribution in [0.2, 0.25) is 0 Å². The predicted octanol–water partition coefficient (Wildman–Crippen LogP) is 2.65. The van der Waals surface area contributed by atoms with Gasteiger partial charge in [0, 0.05) is 32.2 Å². The van der Waals surface area contributed by atoms with E-state index in [-0.39, 0.29) is 0 Å². The molecule has 0 unspecified atom stereocenters. The van der Waals surface area contributed by atoms with Gasteiger partial charge in [0.2, 0.25) is 0 Å². The van der Waals surface area contributed by atoms with Gasteiger partial charge in [0.25, 0.3) is 0 Å². The van der Waals surface area contributed by atoms with Crippen molar-refractivity contribution in [1.29, 1.82) is 0 Å². The van der Waals surface area contributed by atoms with Gasteiger partial charge in [0.05, 0.1) is 32.5 Å². The van der Waals surface area contributed by atoms with Gasteiger partial charge in [-0.1, -0.05) is 30.3 Å². The van der Waals surface area contributed by atoms with E-state index in [0.29, 0.717) is 31.9 Å². The second kappa shape index (κ2) is 13.5. The average Bonchev–Trinajstić information content (AvgIpc) is 2.69. The van der Waals surface area contributed by atoms with Crippen LogP contribution < -0.4 is 10.6 Å². The van der Waals surface area contributed by atoms with Crippen LogP contribution in [0, 0.1) is 0 Å². The van der Waals surface area contributed by atoms with E-state index in [4.69, 9.17) is 9.47 Å². The van der Waals surface area contributed by atoms with E-state index < -0.39 is 0 Å². The first kappa shape index (κ1) is 22.7. The molecule has 0 bridgehead atoms. The van der Waals surface area contributed by atoms with Gasteiger partial charge in [0.1, 0.15) is 0 Å². The maximum Gasteiger partial charge on any atom is 0.191 e. The first-order valence-corrected chi connectivity index (χ1v) is 10.7. The molecule has 2 rings (SSSR count). The summed E-state index contributed by atoms with van der Waals surface area (Å²) in [5.74, 6) is 0.896. The molecule has 28 heavy (non-hydrogen) atoms. The summed E-state index contributed by atoms with van der Waals surface area (Å²) in [6.07, 6.45) is 2.59. The Hall–Kier alpha value is -1.63. The normalized spacial score (nSPS) is 16.5. The molecule has 6 heteroatoms. The molecule has 0 radical (unpaired) electrons. The Morgan fingerprint density at radius 3 is 2.61 bits per heavy atom. The molecule has 2 N–H and O–H groups in total. The fourth-order valence-electron chi connectivity index (χ4n) is 3.22. The monoisotopic (exact) mass is 390 g/mol. The van der Waals surface area contributed by atoms with Crippen LogP contribution in [0.4, 0.5) is 0 Å². The minimum absolute atomic E-state index is 0.315. The highest BCUT2D eigenvalue weighted by Gasteiger charge is 2.19. The van der Waals surface area contributed by atoms with Gasteiger partial charge in [-0.3, -0.25) is 4.99 Å². The number of piperidine rings is 1. The summed E-state index contributed by atoms with van der Waals surface area (Å²) in [5, 5.41) is 6.93. The molecular formula is C22H38N4O2. The first-order valence-electron chi connectivity index (χ1n) is 10.7. The van der Waals surface area contributed by atoms with Crippen LogP contribution in [0.25, 0.3) is 0 Å². The van der Waals surface area contributed by atoms with Crippen molar-refractivity contribution in [2.24, 2.45) is 4.99 Å². The van der Waals surface area contributed by atoms with E-state index in [1.165, 1.54) is 5.56 Å². The minimum Gasteiger partial charge on any atom is -0.377 e. The largest absolute Gasteiger partial charge is 0.377 e. The van der Waals surface area contributed by atoms with Crippen molar-refractivity contribution in [2.45, 2.75) is 52.4 Å². The molecule has 0 spiro atoms. The van der Waals surface area contributed by atoms with E-state index >= 15 is 0 Å². The second-order valence-electron chi connectivity index (χ2n) is 7.48. The van der Waals surface area contributed by atoms with E-state index in [0.717, 1.165) is 51.6 Å². The second-order valence-corrected chi connectivity index (χ2v) is 7.48. The third-order valence-corrected chi connectivity index (χ3v) is 4.75. The lowest BCUT2D eigenvalue weighted by molar-refractivity contribution is 0.0532. The predicted molar refractivity (Wildman–Crippen MR) is 116 cm³/mol. The lowest BCUT2D eigenvalue weighted by Crippen LogP contribution is -2.49. The summed E-state index contributed by atoms with van der Waals surface area (Å²) >= 11 is 0. The smallest absolute Gasteiger partial charge is 0.191 e. The fraction of sp³-hybridized carbons (Fsp3) is 0.682. The van der Waals surface area contributed by atoms with Crippen LogP contribution >= 0.6 is 0 Å². The van der Waals surface area contributed by atoms with E-state index in [1.54, 1.807) is 0 Å². The van der Waals surface area contributed by atoms with Crippen molar-refractivity contribution in [3.63, 3.8) is 0 Å². The summed E-state index contributed by atoms with van der Waals surface area (Å²) in [6.45, 7) is 13.1. The van der Waals surface area contributed by atoms with Crippen molar-refractivity contribution < 1.29 is 9.47 Å². The van der Waals surface area contributed by atoms with Crippen LogP contribution in [0.5, 0.6) is 0 Å². The Morgan fingerprint density at radius 1 is 1.18 bits per heavy atom. The summed E-state index contributed by atoms with van der Waals surface area (Å²) in [6, 6.07) is 10.7. The number of hydrogen-bond acceptors (Lipinski definition) is 4. The Labute approximate surface area is 170 Å². The molecular weight excluding hydrogens is 352 g/mol. The zero-order chi connectivity index (χ0) is 20.0. The number of benzene rings is 1. The summed E-state index contributed by atoms with van der Waals surface area (Å²) in [7, 11) is 0. The SMILES string of the molecule is CCNC(=NCCOCc1ccccc1)NC1CCN(CCOC(C)C)CC1. The van der Waals surface area contributed by atoms with Crippen LogP contribution in [-0.4, -0.2) is 68.9 Å². The quantitative estimate of drug-likeness (QED) is 0.346. The lowest BCUT2D eigenvalue weighted by atomic mass is 10.1. The van der Waals surface area contributed by atoms with Gasteiger partial charge in [-0.05, 0) is 39.2 Å². The molecule has 1 aromatic rings. The molecule has 6 nitrogen and oxygen atoms in total. The van der Waals surface area contributed by atoms with Crippen molar-refractivity contribution >= 4 is 5.96 Å². The Balaban J connectivity index is 1.64. The number of nitrogens with zero attached hydrogens (tertiary/aromatic N) is 2. The molecule has 0 aliphatic carbocycles. The third-order valence-electron chi connectivity index (χ3n) is 4.75. The van der Waals surface area contributed by atoms with Gasteiger partial charge in [-0.15, -0.1) is 0 Å². The molecule has 0 amide bonds. The number of rotatable bonds is 11. The number of nitrogens with one attached hydrogen (secondary N) is 2. The number of hydrogen-bond donors (Lipinski definition) is 2. The van der Waals surface area contributed by atoms with Gasteiger partial charge in [-0.2, -0.15) is 0 Å². The van der Waals surface area contributed by atoms with Gasteiger partial charge in [-0.25, -0.2) is 0 Å². The summed E-state index contributed by atoms with van der Waals surface area (Å²) in [5.41, 5.74) is 1.20. The summed E-state index contributed by atoms with van der Waals surface area (Å²) in [4.78, 5) is 7.15. The van der Waals surface area contributed by atoms with Gasteiger partial charge >= 0.3 is 0 Å². The number of ether oxygens (including phenoxy) is 2. The molecule has 1 saturated heterocycles. The average molecular weight is 391 g/mol. The zero-order valence-corrected chi connectivity index (χ0v) is 17.8. The van der Waals surface area contributed by atoms with Gasteiger partial charge in [0.15, 0.2) is 5.96 Å². The standard InChI is InChI=1S/C22H38N4O2/c1-4-23-22(24-12-16-27-18-20-8-6-5-7-9-20)25-21-10-13-26(14-11-21)15-17-28-19(2)3/h5-9,19,21H,4,10-18H2,1-3H3,(H2,23,24,25). The molecule has 1 fully saturated rings. The van der Waals surface area contributed by atoms with Crippen molar-refractivity contribution in [3.05, 3.63) is 35.9 Å². The van der Waals surface area contributed by atoms with Crippen molar-refractivity contribution in [2.75, 3.05) is 45.9 Å². The Kier molecular flexibility index (Phi) is 10.9. The van der Waals surface area contributed by atoms with E-state index in [1.807, 2.05) is 18.2 Å². The highest BCUT2D eigenvalue weighted by molar-refractivity contribution is 5.80. The van der Waals surface area contributed by atoms with Crippen LogP contribution in [0.3, 0.4) is 0 Å². The highest BCUT2D eigenvalue weighted by Crippen LogP contribution is 2.10. The van der Waals surface area contributed by atoms with E-state index in [9.17, 15) is 0 Å². The molecule has 158 valence electrons. The topological polar surface area (TPSA) is 58.1 Å². The zero-order valence-electron chi connectivity index (χ0n) is 17.8. The molecule has 0 saturated carbocycles. The lowest BCUT2D eigenvalue weighted by Gasteiger charge is -2.33. The number of guanidine groups is 1. The maximum absolute atomic E-state index is 5.73. The molecule has 1 aromatic carbocycles. The molecule has 1 heterocycles. The molecule has 0 atom stereocenters. The number of aliphatic imine (C=N–C) groups is 1. The van der Waals surface area contributed by atoms with Crippen LogP contribution in [-0.2, 0) is 16.1 Å². The fourth-order valence-corrected chi connectivity index (χ4v) is 3.22. The molecule has 1 aliphatic heterocycles.